The second-order valence-electron chi connectivity index (χ2n) is 7.39. The summed E-state index contributed by atoms with van der Waals surface area (Å²) in [7, 11) is 2.88. The molecule has 3 aromatic rings. The highest BCUT2D eigenvalue weighted by atomic mass is 16.5. The van der Waals surface area contributed by atoms with E-state index in [4.69, 9.17) is 9.47 Å². The van der Waals surface area contributed by atoms with E-state index >= 15 is 0 Å². The molecule has 0 aliphatic heterocycles. The van der Waals surface area contributed by atoms with Crippen LogP contribution in [0.3, 0.4) is 0 Å². The van der Waals surface area contributed by atoms with E-state index in [9.17, 15) is 19.8 Å². The van der Waals surface area contributed by atoms with Crippen LogP contribution >= 0.6 is 0 Å². The number of hydrogen-bond donors (Lipinski definition) is 5. The van der Waals surface area contributed by atoms with E-state index in [2.05, 4.69) is 26.0 Å². The summed E-state index contributed by atoms with van der Waals surface area (Å²) >= 11 is 0. The number of aromatic nitrogens is 1. The first-order chi connectivity index (χ1) is 16.7. The van der Waals surface area contributed by atoms with E-state index < -0.39 is 11.8 Å². The number of carbonyl (C=O) groups is 2. The van der Waals surface area contributed by atoms with Gasteiger partial charge in [-0.25, -0.2) is 10.9 Å². The van der Waals surface area contributed by atoms with Gasteiger partial charge < -0.3 is 24.7 Å². The third-order valence-corrected chi connectivity index (χ3v) is 5.06. The van der Waals surface area contributed by atoms with Gasteiger partial charge in [-0.05, 0) is 66.9 Å². The van der Waals surface area contributed by atoms with Gasteiger partial charge in [0.25, 0.3) is 11.8 Å². The van der Waals surface area contributed by atoms with Crippen LogP contribution in [0.15, 0.2) is 46.6 Å². The lowest BCUT2D eigenvalue weighted by atomic mass is 10.1. The van der Waals surface area contributed by atoms with Crippen LogP contribution < -0.4 is 20.3 Å². The van der Waals surface area contributed by atoms with Crippen molar-refractivity contribution in [3.05, 3.63) is 70.0 Å². The molecule has 0 saturated heterocycles. The van der Waals surface area contributed by atoms with Gasteiger partial charge in [0.05, 0.1) is 32.2 Å². The molecule has 0 saturated carbocycles. The van der Waals surface area contributed by atoms with Crippen molar-refractivity contribution in [1.82, 2.24) is 15.8 Å². The van der Waals surface area contributed by atoms with Crippen LogP contribution in [0.25, 0.3) is 0 Å². The fraction of sp³-hybridized carbons (Fsp3) is 0.167. The number of nitrogens with zero attached hydrogens (tertiary/aromatic N) is 2. The summed E-state index contributed by atoms with van der Waals surface area (Å²) in [6.07, 6.45) is 2.73. The van der Waals surface area contributed by atoms with Gasteiger partial charge in [-0.1, -0.05) is 0 Å². The quantitative estimate of drug-likeness (QED) is 0.247. The highest BCUT2D eigenvalue weighted by Gasteiger charge is 2.21. The Labute approximate surface area is 201 Å². The predicted octanol–water partition coefficient (Wildman–Crippen LogP) is 2.59. The highest BCUT2D eigenvalue weighted by Crippen LogP contribution is 2.26. The lowest BCUT2D eigenvalue weighted by Gasteiger charge is -2.04. The molecule has 0 bridgehead atoms. The monoisotopic (exact) mass is 479 g/mol. The van der Waals surface area contributed by atoms with Gasteiger partial charge in [-0.2, -0.15) is 10.2 Å². The maximum absolute atomic E-state index is 12.7. The topological polar surface area (TPSA) is 158 Å². The minimum Gasteiger partial charge on any atom is -0.504 e. The Morgan fingerprint density at radius 1 is 0.857 bits per heavy atom. The Balaban J connectivity index is 1.66. The zero-order chi connectivity index (χ0) is 25.5. The Morgan fingerprint density at radius 3 is 1.80 bits per heavy atom. The molecule has 182 valence electrons. The number of H-pyrrole nitrogens is 1. The molecule has 2 aromatic carbocycles. The number of carbonyl (C=O) groups excluding carboxylic acids is 2. The minimum absolute atomic E-state index is 0.0535. The van der Waals surface area contributed by atoms with Crippen molar-refractivity contribution in [2.24, 2.45) is 10.2 Å². The molecule has 1 heterocycles. The summed E-state index contributed by atoms with van der Waals surface area (Å²) in [6.45, 7) is 3.29. The molecule has 0 atom stereocenters. The summed E-state index contributed by atoms with van der Waals surface area (Å²) in [5.41, 5.74) is 7.24. The molecule has 11 heteroatoms. The molecule has 0 spiro atoms. The number of hydrogen-bond acceptors (Lipinski definition) is 8. The van der Waals surface area contributed by atoms with Crippen molar-refractivity contribution in [2.45, 2.75) is 13.8 Å². The summed E-state index contributed by atoms with van der Waals surface area (Å²) in [5, 5.41) is 27.4. The Hall–Kier alpha value is -4.80. The number of methoxy groups -OCH3 is 2. The molecule has 3 rings (SSSR count). The number of phenols is 2. The van der Waals surface area contributed by atoms with E-state index in [0.29, 0.717) is 33.9 Å². The zero-order valence-corrected chi connectivity index (χ0v) is 19.5. The maximum Gasteiger partial charge on any atom is 0.288 e. The lowest BCUT2D eigenvalue weighted by molar-refractivity contribution is 0.0948. The molecule has 5 N–H and O–H groups in total. The first-order valence-corrected chi connectivity index (χ1v) is 10.3. The summed E-state index contributed by atoms with van der Waals surface area (Å²) in [5.74, 6) is -0.525. The van der Waals surface area contributed by atoms with E-state index in [1.165, 1.54) is 38.8 Å². The molecule has 2 amide bonds. The van der Waals surface area contributed by atoms with E-state index in [-0.39, 0.29) is 22.8 Å². The Morgan fingerprint density at radius 2 is 1.34 bits per heavy atom. The number of phenolic OH excluding ortho intramolecular Hbond substituents is 2. The first-order valence-electron chi connectivity index (χ1n) is 10.3. The fourth-order valence-corrected chi connectivity index (χ4v) is 3.33. The van der Waals surface area contributed by atoms with E-state index in [1.807, 2.05) is 0 Å². The number of aryl methyl sites for hydroxylation is 1. The molecule has 0 fully saturated rings. The predicted molar refractivity (Wildman–Crippen MR) is 130 cm³/mol. The van der Waals surface area contributed by atoms with E-state index in [1.54, 1.807) is 38.1 Å². The standard InChI is InChI=1S/C24H25N5O6/c1-13-21(23(32)28-25-11-15-5-7-19(34-3)17(30)9-15)14(2)27-22(13)24(33)29-26-12-16-6-8-20(35-4)18(31)10-16/h5-12,27,30-31H,1-4H3,(H,28,32)(H,29,33)/b25-11+,26-12+. The van der Waals surface area contributed by atoms with Gasteiger partial charge in [-0.3, -0.25) is 9.59 Å². The van der Waals surface area contributed by atoms with E-state index in [0.717, 1.165) is 0 Å². The van der Waals surface area contributed by atoms with Crippen molar-refractivity contribution < 1.29 is 29.3 Å². The fourth-order valence-electron chi connectivity index (χ4n) is 3.33. The average molecular weight is 479 g/mol. The SMILES string of the molecule is COc1ccc(/C=N/NC(=O)c2[nH]c(C)c(C(=O)N/N=C/c3ccc(OC)c(O)c3)c2C)cc1O. The Kier molecular flexibility index (Phi) is 7.72. The van der Waals surface area contributed by atoms with Crippen LogP contribution in [-0.2, 0) is 0 Å². The largest absolute Gasteiger partial charge is 0.504 e. The lowest BCUT2D eigenvalue weighted by Crippen LogP contribution is -2.21. The van der Waals surface area contributed by atoms with Gasteiger partial charge in [0.15, 0.2) is 23.0 Å². The molecule has 0 aliphatic rings. The van der Waals surface area contributed by atoms with Crippen molar-refractivity contribution >= 4 is 24.2 Å². The number of amides is 2. The van der Waals surface area contributed by atoms with Gasteiger partial charge in [0.2, 0.25) is 0 Å². The molecule has 35 heavy (non-hydrogen) atoms. The maximum atomic E-state index is 12.7. The molecule has 0 aliphatic carbocycles. The third-order valence-electron chi connectivity index (χ3n) is 5.06. The highest BCUT2D eigenvalue weighted by molar-refractivity contribution is 6.03. The first kappa shape index (κ1) is 24.8. The molecule has 1 aromatic heterocycles. The van der Waals surface area contributed by atoms with Crippen LogP contribution in [0.1, 0.15) is 43.2 Å². The number of nitrogens with one attached hydrogen (secondary N) is 3. The van der Waals surface area contributed by atoms with Crippen molar-refractivity contribution in [1.29, 1.82) is 0 Å². The van der Waals surface area contributed by atoms with Gasteiger partial charge >= 0.3 is 0 Å². The second-order valence-corrected chi connectivity index (χ2v) is 7.39. The van der Waals surface area contributed by atoms with Crippen LogP contribution in [0.2, 0.25) is 0 Å². The normalized spacial score (nSPS) is 11.1. The molecular formula is C24H25N5O6. The van der Waals surface area contributed by atoms with Crippen LogP contribution in [0.4, 0.5) is 0 Å². The molecule has 11 nitrogen and oxygen atoms in total. The second kappa shape index (κ2) is 10.9. The number of aromatic hydroxyl groups is 2. The Bertz CT molecular complexity index is 1310. The number of benzene rings is 2. The van der Waals surface area contributed by atoms with Crippen LogP contribution in [0, 0.1) is 13.8 Å². The summed E-state index contributed by atoms with van der Waals surface area (Å²) < 4.78 is 9.97. The summed E-state index contributed by atoms with van der Waals surface area (Å²) in [6, 6.07) is 9.35. The van der Waals surface area contributed by atoms with Gasteiger partial charge in [-0.15, -0.1) is 0 Å². The number of aromatic amines is 1. The van der Waals surface area contributed by atoms with Gasteiger partial charge in [0.1, 0.15) is 5.69 Å². The van der Waals surface area contributed by atoms with Crippen molar-refractivity contribution in [2.75, 3.05) is 14.2 Å². The third kappa shape index (κ3) is 5.77. The number of hydrazone groups is 2. The molecule has 0 unspecified atom stereocenters. The van der Waals surface area contributed by atoms with Crippen molar-refractivity contribution in [3.8, 4) is 23.0 Å². The van der Waals surface area contributed by atoms with Crippen molar-refractivity contribution in [3.63, 3.8) is 0 Å². The average Bonchev–Trinajstić information content (AvgIpc) is 3.13. The number of rotatable bonds is 8. The molecular weight excluding hydrogens is 454 g/mol. The number of ether oxygens (including phenoxy) is 2. The smallest absolute Gasteiger partial charge is 0.288 e. The van der Waals surface area contributed by atoms with Gasteiger partial charge in [0, 0.05) is 5.69 Å². The minimum atomic E-state index is -0.546. The molecule has 0 radical (unpaired) electrons. The summed E-state index contributed by atoms with van der Waals surface area (Å²) in [4.78, 5) is 28.1. The zero-order valence-electron chi connectivity index (χ0n) is 19.5. The van der Waals surface area contributed by atoms with Crippen LogP contribution in [-0.4, -0.2) is 53.7 Å². The van der Waals surface area contributed by atoms with Crippen LogP contribution in [0.5, 0.6) is 23.0 Å².